The molecule has 0 amide bonds. The van der Waals surface area contributed by atoms with Gasteiger partial charge < -0.3 is 11.1 Å². The first-order valence-electron chi connectivity index (χ1n) is 7.19. The number of aryl methyl sites for hydroxylation is 1. The van der Waals surface area contributed by atoms with Gasteiger partial charge in [0.1, 0.15) is 5.82 Å². The average Bonchev–Trinajstić information content (AvgIpc) is 2.93. The van der Waals surface area contributed by atoms with E-state index in [1.165, 1.54) is 0 Å². The number of para-hydroxylation sites is 1. The number of nitrogens with zero attached hydrogens (tertiary/aromatic N) is 2. The number of halogens is 1. The van der Waals surface area contributed by atoms with Gasteiger partial charge in [0.25, 0.3) is 0 Å². The number of rotatable bonds is 2. The molecule has 4 rings (SSSR count). The number of aromatic amines is 1. The second kappa shape index (κ2) is 5.14. The summed E-state index contributed by atoms with van der Waals surface area (Å²) in [6.07, 6.45) is 0. The van der Waals surface area contributed by atoms with E-state index < -0.39 is 0 Å². The molecule has 2 aromatic carbocycles. The van der Waals surface area contributed by atoms with E-state index in [9.17, 15) is 0 Å². The Morgan fingerprint density at radius 1 is 1.13 bits per heavy atom. The maximum atomic E-state index is 6.04. The third-order valence-electron chi connectivity index (χ3n) is 3.87. The molecule has 0 aliphatic heterocycles. The zero-order chi connectivity index (χ0) is 16.0. The SMILES string of the molecule is Cc1cccc2c1nc(Nc1ccc(Cl)cc1)c1c(N)n[nH]c12. The van der Waals surface area contributed by atoms with Crippen LogP contribution in [0, 0.1) is 6.92 Å². The lowest BCUT2D eigenvalue weighted by Crippen LogP contribution is -1.97. The Kier molecular flexibility index (Phi) is 3.09. The summed E-state index contributed by atoms with van der Waals surface area (Å²) in [4.78, 5) is 4.77. The molecular formula is C17H14ClN5. The summed E-state index contributed by atoms with van der Waals surface area (Å²) in [5.41, 5.74) is 9.82. The van der Waals surface area contributed by atoms with Crippen molar-refractivity contribution in [2.45, 2.75) is 6.92 Å². The minimum atomic E-state index is 0.423. The maximum Gasteiger partial charge on any atom is 0.156 e. The first-order chi connectivity index (χ1) is 11.1. The number of pyridine rings is 1. The van der Waals surface area contributed by atoms with Crippen LogP contribution in [0.1, 0.15) is 5.56 Å². The van der Waals surface area contributed by atoms with Crippen molar-refractivity contribution in [3.8, 4) is 0 Å². The number of nitrogen functional groups attached to an aromatic ring is 1. The number of nitrogens with one attached hydrogen (secondary N) is 2. The number of hydrogen-bond donors (Lipinski definition) is 3. The number of fused-ring (bicyclic) bond motifs is 3. The zero-order valence-corrected chi connectivity index (χ0v) is 13.1. The van der Waals surface area contributed by atoms with Crippen LogP contribution in [0.15, 0.2) is 42.5 Å². The topological polar surface area (TPSA) is 79.6 Å². The van der Waals surface area contributed by atoms with E-state index in [0.29, 0.717) is 16.7 Å². The van der Waals surface area contributed by atoms with Crippen LogP contribution in [0.4, 0.5) is 17.3 Å². The molecule has 5 nitrogen and oxygen atoms in total. The average molecular weight is 324 g/mol. The molecular weight excluding hydrogens is 310 g/mol. The second-order valence-electron chi connectivity index (χ2n) is 5.42. The lowest BCUT2D eigenvalue weighted by Gasteiger charge is -2.10. The minimum absolute atomic E-state index is 0.423. The van der Waals surface area contributed by atoms with Gasteiger partial charge in [0, 0.05) is 16.1 Å². The number of anilines is 3. The summed E-state index contributed by atoms with van der Waals surface area (Å²) in [5.74, 6) is 1.10. The van der Waals surface area contributed by atoms with Crippen LogP contribution >= 0.6 is 11.6 Å². The molecule has 0 saturated heterocycles. The molecule has 0 bridgehead atoms. The smallest absolute Gasteiger partial charge is 0.156 e. The van der Waals surface area contributed by atoms with Crippen molar-refractivity contribution in [3.05, 3.63) is 53.1 Å². The summed E-state index contributed by atoms with van der Waals surface area (Å²) < 4.78 is 0. The van der Waals surface area contributed by atoms with Crippen molar-refractivity contribution in [1.82, 2.24) is 15.2 Å². The number of aromatic nitrogens is 3. The fraction of sp³-hybridized carbons (Fsp3) is 0.0588. The first-order valence-corrected chi connectivity index (χ1v) is 7.57. The number of benzene rings is 2. The second-order valence-corrected chi connectivity index (χ2v) is 5.86. The van der Waals surface area contributed by atoms with E-state index in [4.69, 9.17) is 22.3 Å². The van der Waals surface area contributed by atoms with Crippen molar-refractivity contribution in [3.63, 3.8) is 0 Å². The molecule has 0 spiro atoms. The molecule has 2 heterocycles. The molecule has 2 aromatic heterocycles. The molecule has 0 saturated carbocycles. The van der Waals surface area contributed by atoms with Crippen LogP contribution < -0.4 is 11.1 Å². The molecule has 0 radical (unpaired) electrons. The van der Waals surface area contributed by atoms with Crippen molar-refractivity contribution < 1.29 is 0 Å². The number of H-pyrrole nitrogens is 1. The molecule has 4 aromatic rings. The lowest BCUT2D eigenvalue weighted by atomic mass is 10.1. The predicted octanol–water partition coefficient (Wildman–Crippen LogP) is 4.40. The van der Waals surface area contributed by atoms with E-state index in [0.717, 1.165) is 33.1 Å². The van der Waals surface area contributed by atoms with Crippen molar-refractivity contribution in [2.24, 2.45) is 0 Å². The van der Waals surface area contributed by atoms with Gasteiger partial charge in [-0.3, -0.25) is 5.10 Å². The van der Waals surface area contributed by atoms with Crippen molar-refractivity contribution in [2.75, 3.05) is 11.1 Å². The molecule has 0 fully saturated rings. The van der Waals surface area contributed by atoms with Gasteiger partial charge in [-0.1, -0.05) is 29.8 Å². The van der Waals surface area contributed by atoms with Gasteiger partial charge >= 0.3 is 0 Å². The van der Waals surface area contributed by atoms with E-state index >= 15 is 0 Å². The highest BCUT2D eigenvalue weighted by Gasteiger charge is 2.15. The summed E-state index contributed by atoms with van der Waals surface area (Å²) in [6.45, 7) is 2.03. The minimum Gasteiger partial charge on any atom is -0.382 e. The Bertz CT molecular complexity index is 1020. The van der Waals surface area contributed by atoms with E-state index in [-0.39, 0.29) is 0 Å². The Morgan fingerprint density at radius 3 is 2.70 bits per heavy atom. The van der Waals surface area contributed by atoms with Crippen molar-refractivity contribution >= 4 is 50.7 Å². The standard InChI is InChI=1S/C17H14ClN5/c1-9-3-2-4-12-14(9)21-17(13-15(12)22-23-16(13)19)20-11-7-5-10(18)6-8-11/h2-8H,1H3,(H,20,21)(H3,19,22,23). The van der Waals surface area contributed by atoms with Gasteiger partial charge in [-0.2, -0.15) is 5.10 Å². The van der Waals surface area contributed by atoms with Gasteiger partial charge in [0.15, 0.2) is 5.82 Å². The highest BCUT2D eigenvalue weighted by atomic mass is 35.5. The highest BCUT2D eigenvalue weighted by molar-refractivity contribution is 6.30. The lowest BCUT2D eigenvalue weighted by molar-refractivity contribution is 1.13. The molecule has 23 heavy (non-hydrogen) atoms. The number of hydrogen-bond acceptors (Lipinski definition) is 4. The monoisotopic (exact) mass is 323 g/mol. The van der Waals surface area contributed by atoms with Crippen LogP contribution in [0.3, 0.4) is 0 Å². The first kappa shape index (κ1) is 13.8. The van der Waals surface area contributed by atoms with Crippen LogP contribution in [-0.2, 0) is 0 Å². The Morgan fingerprint density at radius 2 is 1.91 bits per heavy atom. The molecule has 6 heteroatoms. The molecule has 4 N–H and O–H groups in total. The summed E-state index contributed by atoms with van der Waals surface area (Å²) in [7, 11) is 0. The van der Waals surface area contributed by atoms with Gasteiger partial charge in [0.05, 0.1) is 16.4 Å². The molecule has 0 atom stereocenters. The third kappa shape index (κ3) is 2.26. The van der Waals surface area contributed by atoms with E-state index in [1.54, 1.807) is 0 Å². The normalized spacial score (nSPS) is 11.2. The van der Waals surface area contributed by atoms with E-state index in [1.807, 2.05) is 49.4 Å². The van der Waals surface area contributed by atoms with E-state index in [2.05, 4.69) is 15.5 Å². The molecule has 0 unspecified atom stereocenters. The molecule has 0 aliphatic carbocycles. The van der Waals surface area contributed by atoms with Crippen LogP contribution in [0.25, 0.3) is 21.8 Å². The summed E-state index contributed by atoms with van der Waals surface area (Å²) >= 11 is 5.94. The van der Waals surface area contributed by atoms with Crippen LogP contribution in [0.5, 0.6) is 0 Å². The fourth-order valence-corrected chi connectivity index (χ4v) is 2.85. The summed E-state index contributed by atoms with van der Waals surface area (Å²) in [6, 6.07) is 13.5. The van der Waals surface area contributed by atoms with Crippen LogP contribution in [-0.4, -0.2) is 15.2 Å². The molecule has 114 valence electrons. The van der Waals surface area contributed by atoms with Gasteiger partial charge in [-0.05, 0) is 36.8 Å². The Balaban J connectivity index is 1.98. The third-order valence-corrected chi connectivity index (χ3v) is 4.12. The van der Waals surface area contributed by atoms with Crippen LogP contribution in [0.2, 0.25) is 5.02 Å². The Hall–Kier alpha value is -2.79. The van der Waals surface area contributed by atoms with Gasteiger partial charge in [-0.15, -0.1) is 0 Å². The van der Waals surface area contributed by atoms with Gasteiger partial charge in [-0.25, -0.2) is 4.98 Å². The van der Waals surface area contributed by atoms with Crippen molar-refractivity contribution in [1.29, 1.82) is 0 Å². The Labute approximate surface area is 137 Å². The summed E-state index contributed by atoms with van der Waals surface area (Å²) in [5, 5.41) is 13.0. The molecule has 0 aliphatic rings. The largest absolute Gasteiger partial charge is 0.382 e. The predicted molar refractivity (Wildman–Crippen MR) is 95.3 cm³/mol. The van der Waals surface area contributed by atoms with Gasteiger partial charge in [0.2, 0.25) is 0 Å². The highest BCUT2D eigenvalue weighted by Crippen LogP contribution is 2.34. The number of nitrogens with two attached hydrogens (primary N) is 1. The fourth-order valence-electron chi connectivity index (χ4n) is 2.73. The zero-order valence-electron chi connectivity index (χ0n) is 12.4. The quantitative estimate of drug-likeness (QED) is 0.511. The maximum absolute atomic E-state index is 6.04.